The van der Waals surface area contributed by atoms with Gasteiger partial charge < -0.3 is 19.5 Å². The first-order chi connectivity index (χ1) is 20.7. The molecule has 9 nitrogen and oxygen atoms in total. The lowest BCUT2D eigenvalue weighted by molar-refractivity contribution is -0.127. The Bertz CT molecular complexity index is 1560. The van der Waals surface area contributed by atoms with E-state index in [1.165, 1.54) is 24.3 Å². The van der Waals surface area contributed by atoms with Gasteiger partial charge >= 0.3 is 5.97 Å². The molecular weight excluding hydrogens is 615 g/mol. The van der Waals surface area contributed by atoms with Crippen molar-refractivity contribution in [2.24, 2.45) is 0 Å². The highest BCUT2D eigenvalue weighted by atomic mass is 35.5. The van der Waals surface area contributed by atoms with E-state index >= 15 is 0 Å². The number of halogens is 2. The van der Waals surface area contributed by atoms with Gasteiger partial charge in [-0.3, -0.25) is 19.3 Å². The van der Waals surface area contributed by atoms with E-state index < -0.39 is 29.6 Å². The zero-order valence-corrected chi connectivity index (χ0v) is 25.7. The highest BCUT2D eigenvalue weighted by molar-refractivity contribution is 8.18. The molecule has 0 aromatic heterocycles. The molecule has 43 heavy (non-hydrogen) atoms. The van der Waals surface area contributed by atoms with Crippen molar-refractivity contribution >= 4 is 69.8 Å². The summed E-state index contributed by atoms with van der Waals surface area (Å²) in [6.07, 6.45) is 2.15. The van der Waals surface area contributed by atoms with Gasteiger partial charge in [-0.25, -0.2) is 4.79 Å². The normalized spacial score (nSPS) is 13.8. The van der Waals surface area contributed by atoms with Gasteiger partial charge in [0, 0.05) is 5.69 Å². The summed E-state index contributed by atoms with van der Waals surface area (Å²) in [6, 6.07) is 17.2. The second-order valence-electron chi connectivity index (χ2n) is 9.18. The minimum atomic E-state index is -0.639. The van der Waals surface area contributed by atoms with Crippen molar-refractivity contribution in [2.75, 3.05) is 25.1 Å². The van der Waals surface area contributed by atoms with Crippen molar-refractivity contribution in [3.05, 3.63) is 92.3 Å². The fraction of sp³-hybridized carbons (Fsp3) is 0.226. The van der Waals surface area contributed by atoms with E-state index in [4.69, 9.17) is 37.4 Å². The van der Waals surface area contributed by atoms with Crippen molar-refractivity contribution in [3.63, 3.8) is 0 Å². The maximum absolute atomic E-state index is 13.1. The smallest absolute Gasteiger partial charge is 0.339 e. The van der Waals surface area contributed by atoms with E-state index in [0.717, 1.165) is 10.5 Å². The lowest BCUT2D eigenvalue weighted by Gasteiger charge is -2.15. The fourth-order valence-corrected chi connectivity index (χ4v) is 5.27. The molecule has 1 aliphatic rings. The first kappa shape index (κ1) is 31.9. The van der Waals surface area contributed by atoms with Crippen molar-refractivity contribution in [1.82, 2.24) is 4.90 Å². The second-order valence-corrected chi connectivity index (χ2v) is 11.0. The quantitative estimate of drug-likeness (QED) is 0.163. The number of nitrogens with one attached hydrogen (secondary N) is 1. The van der Waals surface area contributed by atoms with Gasteiger partial charge in [-0.15, -0.1) is 0 Å². The van der Waals surface area contributed by atoms with E-state index in [9.17, 15) is 19.2 Å². The monoisotopic (exact) mass is 642 g/mol. The maximum atomic E-state index is 13.1. The molecular formula is C31H28Cl2N2O7S. The molecule has 1 saturated heterocycles. The number of imide groups is 1. The number of thioether (sulfide) groups is 1. The van der Waals surface area contributed by atoms with Crippen LogP contribution >= 0.6 is 35.0 Å². The Morgan fingerprint density at radius 2 is 1.74 bits per heavy atom. The Morgan fingerprint density at radius 1 is 0.977 bits per heavy atom. The fourth-order valence-electron chi connectivity index (χ4n) is 3.97. The number of ether oxygens (including phenoxy) is 3. The number of benzene rings is 3. The number of nitrogens with zero attached hydrogens (tertiary/aromatic N) is 1. The van der Waals surface area contributed by atoms with E-state index in [-0.39, 0.29) is 39.4 Å². The predicted molar refractivity (Wildman–Crippen MR) is 167 cm³/mol. The number of esters is 1. The molecule has 1 aliphatic heterocycles. The first-order valence-electron chi connectivity index (χ1n) is 13.3. The largest absolute Gasteiger partial charge is 0.490 e. The average molecular weight is 644 g/mol. The van der Waals surface area contributed by atoms with Crippen LogP contribution in [0.5, 0.6) is 11.5 Å². The van der Waals surface area contributed by atoms with Crippen LogP contribution in [0, 0.1) is 0 Å². The maximum Gasteiger partial charge on any atom is 0.339 e. The third-order valence-electron chi connectivity index (χ3n) is 5.94. The number of carbonyl (C=O) groups is 4. The topological polar surface area (TPSA) is 111 Å². The molecule has 224 valence electrons. The van der Waals surface area contributed by atoms with Crippen molar-refractivity contribution in [2.45, 2.75) is 26.9 Å². The van der Waals surface area contributed by atoms with Gasteiger partial charge in [0.05, 0.1) is 33.7 Å². The van der Waals surface area contributed by atoms with Gasteiger partial charge in [0.2, 0.25) is 5.91 Å². The van der Waals surface area contributed by atoms with Crippen LogP contribution in [0.3, 0.4) is 0 Å². The molecule has 0 saturated carbocycles. The molecule has 0 atom stereocenters. The zero-order chi connectivity index (χ0) is 30.9. The minimum absolute atomic E-state index is 0.0867. The Kier molecular flexibility index (Phi) is 11.1. The molecule has 3 amide bonds. The van der Waals surface area contributed by atoms with E-state index in [1.54, 1.807) is 12.1 Å². The number of anilines is 1. The zero-order valence-electron chi connectivity index (χ0n) is 23.4. The van der Waals surface area contributed by atoms with Gasteiger partial charge in [0.1, 0.15) is 13.2 Å². The van der Waals surface area contributed by atoms with E-state index in [1.807, 2.05) is 44.2 Å². The van der Waals surface area contributed by atoms with Gasteiger partial charge in [0.15, 0.2) is 11.5 Å². The van der Waals surface area contributed by atoms with Crippen LogP contribution in [0.2, 0.25) is 10.0 Å². The highest BCUT2D eigenvalue weighted by Crippen LogP contribution is 2.39. The first-order valence-corrected chi connectivity index (χ1v) is 14.9. The van der Waals surface area contributed by atoms with Crippen LogP contribution in [0.25, 0.3) is 6.08 Å². The van der Waals surface area contributed by atoms with Crippen LogP contribution in [-0.4, -0.2) is 47.7 Å². The molecule has 0 spiro atoms. The molecule has 3 aromatic rings. The Labute approximate surface area is 263 Å². The molecule has 12 heteroatoms. The number of rotatable bonds is 12. The van der Waals surface area contributed by atoms with Gasteiger partial charge in [-0.1, -0.05) is 60.5 Å². The number of hydrogen-bond donors (Lipinski definition) is 1. The summed E-state index contributed by atoms with van der Waals surface area (Å²) < 4.78 is 16.8. The predicted octanol–water partition coefficient (Wildman–Crippen LogP) is 7.21. The molecule has 1 N–H and O–H groups in total. The Morgan fingerprint density at radius 3 is 2.47 bits per heavy atom. The lowest BCUT2D eigenvalue weighted by atomic mass is 10.1. The molecule has 1 fully saturated rings. The summed E-state index contributed by atoms with van der Waals surface area (Å²) in [5.74, 6) is -1.15. The molecule has 0 unspecified atom stereocenters. The summed E-state index contributed by atoms with van der Waals surface area (Å²) in [4.78, 5) is 51.7. The number of amides is 3. The number of hydrogen-bond acceptors (Lipinski definition) is 8. The van der Waals surface area contributed by atoms with Crippen molar-refractivity contribution in [3.8, 4) is 11.5 Å². The molecule has 4 rings (SSSR count). The van der Waals surface area contributed by atoms with Crippen LogP contribution in [0.1, 0.15) is 41.8 Å². The van der Waals surface area contributed by atoms with Crippen molar-refractivity contribution in [1.29, 1.82) is 0 Å². The van der Waals surface area contributed by atoms with Crippen LogP contribution < -0.4 is 14.8 Å². The summed E-state index contributed by atoms with van der Waals surface area (Å²) in [7, 11) is 0. The Balaban J connectivity index is 1.45. The second kappa shape index (κ2) is 15.0. The standard InChI is InChI=1S/C31H28Cl2N2O7S/c1-3-12-41-30(38)22-16-21(10-11-23(22)32)34-27(36)17-35-29(37)26(43-31(35)39)15-20-13-24(33)28(25(14-20)40-4-2)42-18-19-8-6-5-7-9-19/h5-11,13-16H,3-4,12,17-18H2,1-2H3,(H,34,36)/b26-15-. The van der Waals surface area contributed by atoms with Crippen molar-refractivity contribution < 1.29 is 33.4 Å². The van der Waals surface area contributed by atoms with E-state index in [2.05, 4.69) is 5.32 Å². The van der Waals surface area contributed by atoms with Crippen LogP contribution in [0.4, 0.5) is 10.5 Å². The molecule has 3 aromatic carbocycles. The molecule has 0 bridgehead atoms. The number of carbonyl (C=O) groups excluding carboxylic acids is 4. The molecule has 1 heterocycles. The lowest BCUT2D eigenvalue weighted by Crippen LogP contribution is -2.36. The van der Waals surface area contributed by atoms with E-state index in [0.29, 0.717) is 41.9 Å². The van der Waals surface area contributed by atoms with Gasteiger partial charge in [-0.05, 0) is 72.6 Å². The van der Waals surface area contributed by atoms with Gasteiger partial charge in [-0.2, -0.15) is 0 Å². The summed E-state index contributed by atoms with van der Waals surface area (Å²) in [5.41, 5.74) is 1.81. The average Bonchev–Trinajstić information content (AvgIpc) is 3.24. The SMILES string of the molecule is CCCOC(=O)c1cc(NC(=O)CN2C(=O)S/C(=C\c3cc(Cl)c(OCc4ccccc4)c(OCC)c3)C2=O)ccc1Cl. The third kappa shape index (κ3) is 8.31. The Hall–Kier alpha value is -3.99. The highest BCUT2D eigenvalue weighted by Gasteiger charge is 2.36. The van der Waals surface area contributed by atoms with Crippen LogP contribution in [-0.2, 0) is 20.9 Å². The molecule has 0 radical (unpaired) electrons. The summed E-state index contributed by atoms with van der Waals surface area (Å²) in [6.45, 7) is 4.00. The third-order valence-corrected chi connectivity index (χ3v) is 7.46. The summed E-state index contributed by atoms with van der Waals surface area (Å²) in [5, 5.41) is 2.41. The van der Waals surface area contributed by atoms with Crippen LogP contribution in [0.15, 0.2) is 65.6 Å². The van der Waals surface area contributed by atoms with Gasteiger partial charge in [0.25, 0.3) is 11.1 Å². The minimum Gasteiger partial charge on any atom is -0.490 e. The summed E-state index contributed by atoms with van der Waals surface area (Å²) >= 11 is 13.3. The molecule has 0 aliphatic carbocycles.